The van der Waals surface area contributed by atoms with Gasteiger partial charge in [-0.1, -0.05) is 0 Å². The van der Waals surface area contributed by atoms with E-state index in [2.05, 4.69) is 10.6 Å². The fraction of sp³-hybridized carbons (Fsp3) is 0.818. The molecule has 0 radical (unpaired) electrons. The molecule has 1 amide bonds. The van der Waals surface area contributed by atoms with Gasteiger partial charge in [0, 0.05) is 26.2 Å². The van der Waals surface area contributed by atoms with Crippen molar-refractivity contribution in [3.63, 3.8) is 0 Å². The lowest BCUT2D eigenvalue weighted by Gasteiger charge is -2.27. The van der Waals surface area contributed by atoms with Crippen molar-refractivity contribution in [2.45, 2.75) is 12.8 Å². The first-order chi connectivity index (χ1) is 8.27. The summed E-state index contributed by atoms with van der Waals surface area (Å²) in [5.74, 6) is -0.488. The third-order valence-electron chi connectivity index (χ3n) is 3.24. The number of piperazine rings is 1. The molecule has 2 N–H and O–H groups in total. The Bertz CT molecular complexity index is 256. The Labute approximate surface area is 101 Å². The van der Waals surface area contributed by atoms with Crippen molar-refractivity contribution in [2.24, 2.45) is 5.92 Å². The molecule has 0 aromatic rings. The van der Waals surface area contributed by atoms with Gasteiger partial charge in [0.05, 0.1) is 5.92 Å². The summed E-state index contributed by atoms with van der Waals surface area (Å²) in [5, 5.41) is 6.32. The Balaban J connectivity index is 1.78. The van der Waals surface area contributed by atoms with Gasteiger partial charge in [-0.25, -0.2) is 4.79 Å². The largest absolute Gasteiger partial charge is 0.417 e. The van der Waals surface area contributed by atoms with Crippen LogP contribution in [0.1, 0.15) is 12.8 Å². The maximum atomic E-state index is 11.7. The SMILES string of the molecule is O=C(OC(=O)N1CCNCC1)C1CCNCC1. The van der Waals surface area contributed by atoms with Crippen molar-refractivity contribution in [2.75, 3.05) is 39.3 Å². The van der Waals surface area contributed by atoms with Crippen LogP contribution < -0.4 is 10.6 Å². The summed E-state index contributed by atoms with van der Waals surface area (Å²) in [6.07, 6.45) is 1.02. The molecule has 6 heteroatoms. The van der Waals surface area contributed by atoms with Gasteiger partial charge in [0.1, 0.15) is 0 Å². The van der Waals surface area contributed by atoms with E-state index >= 15 is 0 Å². The highest BCUT2D eigenvalue weighted by Crippen LogP contribution is 2.14. The number of carbonyl (C=O) groups excluding carboxylic acids is 2. The fourth-order valence-corrected chi connectivity index (χ4v) is 2.14. The van der Waals surface area contributed by atoms with Crippen LogP contribution in [0.25, 0.3) is 0 Å². The van der Waals surface area contributed by atoms with E-state index in [1.807, 2.05) is 0 Å². The maximum Gasteiger partial charge on any atom is 0.417 e. The summed E-state index contributed by atoms with van der Waals surface area (Å²) in [6, 6.07) is 0. The van der Waals surface area contributed by atoms with Gasteiger partial charge >= 0.3 is 12.1 Å². The van der Waals surface area contributed by atoms with Gasteiger partial charge in [-0.3, -0.25) is 4.79 Å². The van der Waals surface area contributed by atoms with Gasteiger partial charge in [-0.05, 0) is 25.9 Å². The van der Waals surface area contributed by atoms with E-state index in [1.54, 1.807) is 4.90 Å². The zero-order chi connectivity index (χ0) is 12.1. The summed E-state index contributed by atoms with van der Waals surface area (Å²) < 4.78 is 4.92. The van der Waals surface area contributed by atoms with E-state index in [9.17, 15) is 9.59 Å². The topological polar surface area (TPSA) is 70.7 Å². The van der Waals surface area contributed by atoms with E-state index in [0.717, 1.165) is 39.0 Å². The van der Waals surface area contributed by atoms with Gasteiger partial charge in [0.25, 0.3) is 0 Å². The molecule has 17 heavy (non-hydrogen) atoms. The molecule has 0 spiro atoms. The van der Waals surface area contributed by atoms with Crippen molar-refractivity contribution in [1.82, 2.24) is 15.5 Å². The molecule has 0 atom stereocenters. The Morgan fingerprint density at radius 1 is 1.00 bits per heavy atom. The number of carbonyl (C=O) groups is 2. The monoisotopic (exact) mass is 241 g/mol. The van der Waals surface area contributed by atoms with Crippen LogP contribution in [0.4, 0.5) is 4.79 Å². The van der Waals surface area contributed by atoms with Crippen molar-refractivity contribution in [3.05, 3.63) is 0 Å². The zero-order valence-corrected chi connectivity index (χ0v) is 9.91. The van der Waals surface area contributed by atoms with Crippen LogP contribution in [-0.2, 0) is 9.53 Å². The quantitative estimate of drug-likeness (QED) is 0.481. The summed E-state index contributed by atoms with van der Waals surface area (Å²) >= 11 is 0. The van der Waals surface area contributed by atoms with E-state index in [1.165, 1.54) is 0 Å². The number of hydrogen-bond donors (Lipinski definition) is 2. The summed E-state index contributed by atoms with van der Waals surface area (Å²) in [5.41, 5.74) is 0. The average molecular weight is 241 g/mol. The molecule has 0 bridgehead atoms. The molecule has 96 valence electrons. The molecule has 0 aromatic carbocycles. The average Bonchev–Trinajstić information content (AvgIpc) is 2.40. The van der Waals surface area contributed by atoms with Crippen LogP contribution in [0.3, 0.4) is 0 Å². The summed E-state index contributed by atoms with van der Waals surface area (Å²) in [7, 11) is 0. The van der Waals surface area contributed by atoms with Crippen LogP contribution in [0.5, 0.6) is 0 Å². The molecule has 2 fully saturated rings. The number of amides is 1. The highest BCUT2D eigenvalue weighted by Gasteiger charge is 2.27. The second-order valence-electron chi connectivity index (χ2n) is 4.45. The number of esters is 1. The Hall–Kier alpha value is -1.14. The predicted octanol–water partition coefficient (Wildman–Crippen LogP) is -0.446. The first-order valence-electron chi connectivity index (χ1n) is 6.19. The molecule has 0 aliphatic carbocycles. The Kier molecular flexibility index (Phi) is 4.33. The third-order valence-corrected chi connectivity index (χ3v) is 3.24. The Morgan fingerprint density at radius 3 is 2.24 bits per heavy atom. The van der Waals surface area contributed by atoms with Crippen molar-refractivity contribution >= 4 is 12.1 Å². The zero-order valence-electron chi connectivity index (χ0n) is 9.91. The van der Waals surface area contributed by atoms with E-state index in [0.29, 0.717) is 13.1 Å². The standard InChI is InChI=1S/C11H19N3O3/c15-10(9-1-3-12-4-2-9)17-11(16)14-7-5-13-6-8-14/h9,12-13H,1-8H2. The van der Waals surface area contributed by atoms with Crippen LogP contribution >= 0.6 is 0 Å². The highest BCUT2D eigenvalue weighted by atomic mass is 16.6. The summed E-state index contributed by atoms with van der Waals surface area (Å²) in [6.45, 7) is 4.38. The number of rotatable bonds is 1. The predicted molar refractivity (Wildman–Crippen MR) is 61.5 cm³/mol. The molecule has 2 saturated heterocycles. The van der Waals surface area contributed by atoms with Crippen molar-refractivity contribution < 1.29 is 14.3 Å². The van der Waals surface area contributed by atoms with Gasteiger partial charge < -0.3 is 20.3 Å². The maximum absolute atomic E-state index is 11.7. The molecule has 2 rings (SSSR count). The highest BCUT2D eigenvalue weighted by molar-refractivity contribution is 5.86. The Morgan fingerprint density at radius 2 is 1.59 bits per heavy atom. The van der Waals surface area contributed by atoms with Crippen LogP contribution in [0.2, 0.25) is 0 Å². The molecular formula is C11H19N3O3. The van der Waals surface area contributed by atoms with Crippen molar-refractivity contribution in [1.29, 1.82) is 0 Å². The lowest BCUT2D eigenvalue weighted by atomic mass is 9.99. The smallest absolute Gasteiger partial charge is 0.376 e. The number of ether oxygens (including phenoxy) is 1. The third kappa shape index (κ3) is 3.41. The molecule has 2 aliphatic heterocycles. The molecule has 2 heterocycles. The van der Waals surface area contributed by atoms with Crippen LogP contribution in [-0.4, -0.2) is 56.2 Å². The van der Waals surface area contributed by atoms with Gasteiger partial charge in [-0.15, -0.1) is 0 Å². The number of piperidine rings is 1. The van der Waals surface area contributed by atoms with Crippen molar-refractivity contribution in [3.8, 4) is 0 Å². The first-order valence-corrected chi connectivity index (χ1v) is 6.19. The minimum Gasteiger partial charge on any atom is -0.376 e. The van der Waals surface area contributed by atoms with Gasteiger partial charge in [-0.2, -0.15) is 0 Å². The molecule has 6 nitrogen and oxygen atoms in total. The van der Waals surface area contributed by atoms with Gasteiger partial charge in [0.2, 0.25) is 0 Å². The number of hydrogen-bond acceptors (Lipinski definition) is 5. The van der Waals surface area contributed by atoms with Crippen LogP contribution in [0.15, 0.2) is 0 Å². The second-order valence-corrected chi connectivity index (χ2v) is 4.45. The van der Waals surface area contributed by atoms with Gasteiger partial charge in [0.15, 0.2) is 0 Å². The molecule has 0 aromatic heterocycles. The second kappa shape index (κ2) is 5.97. The van der Waals surface area contributed by atoms with E-state index < -0.39 is 6.09 Å². The number of nitrogens with zero attached hydrogens (tertiary/aromatic N) is 1. The first kappa shape index (κ1) is 12.3. The fourth-order valence-electron chi connectivity index (χ4n) is 2.14. The molecule has 0 saturated carbocycles. The number of nitrogens with one attached hydrogen (secondary N) is 2. The lowest BCUT2D eigenvalue weighted by molar-refractivity contribution is -0.143. The normalized spacial score (nSPS) is 22.2. The minimum atomic E-state index is -0.491. The van der Waals surface area contributed by atoms with E-state index in [-0.39, 0.29) is 11.9 Å². The molecule has 0 unspecified atom stereocenters. The lowest BCUT2D eigenvalue weighted by Crippen LogP contribution is -2.47. The molecular weight excluding hydrogens is 222 g/mol. The minimum absolute atomic E-state index is 0.122. The molecule has 2 aliphatic rings. The summed E-state index contributed by atoms with van der Waals surface area (Å²) in [4.78, 5) is 25.0. The van der Waals surface area contributed by atoms with Crippen LogP contribution in [0, 0.1) is 5.92 Å². The van der Waals surface area contributed by atoms with E-state index in [4.69, 9.17) is 4.74 Å².